The van der Waals surface area contributed by atoms with Gasteiger partial charge >= 0.3 is 0 Å². The van der Waals surface area contributed by atoms with Gasteiger partial charge in [0.2, 0.25) is 0 Å². The molecular formula is C5H6N2OS. The van der Waals surface area contributed by atoms with E-state index in [0.717, 1.165) is 0 Å². The molecule has 1 heterocycles. The highest BCUT2D eigenvalue weighted by Crippen LogP contribution is 1.99. The van der Waals surface area contributed by atoms with Gasteiger partial charge in [0.05, 0.1) is 11.8 Å². The van der Waals surface area contributed by atoms with Gasteiger partial charge in [-0.2, -0.15) is 0 Å². The zero-order chi connectivity index (χ0) is 6.69. The molecular weight excluding hydrogens is 136 g/mol. The smallest absolute Gasteiger partial charge is 0.253 e. The van der Waals surface area contributed by atoms with Crippen molar-refractivity contribution in [3.05, 3.63) is 17.1 Å². The number of aromatic nitrogens is 1. The van der Waals surface area contributed by atoms with Crippen LogP contribution in [-0.2, 0) is 0 Å². The first-order valence-electron chi connectivity index (χ1n) is 2.46. The molecule has 1 aromatic rings. The van der Waals surface area contributed by atoms with E-state index in [-0.39, 0.29) is 5.91 Å². The standard InChI is InChI=1S/C5H6N2OS/c1-6-5(8)4-2-7-9-3-4/h2-3H,1H3,(H,6,8). The van der Waals surface area contributed by atoms with Crippen molar-refractivity contribution >= 4 is 17.4 Å². The van der Waals surface area contributed by atoms with Gasteiger partial charge in [-0.3, -0.25) is 4.79 Å². The van der Waals surface area contributed by atoms with Gasteiger partial charge in [-0.05, 0) is 11.5 Å². The van der Waals surface area contributed by atoms with Crippen molar-refractivity contribution in [1.29, 1.82) is 0 Å². The molecule has 1 aromatic heterocycles. The predicted octanol–water partition coefficient (Wildman–Crippen LogP) is 0.503. The maximum absolute atomic E-state index is 10.7. The Bertz CT molecular complexity index is 195. The topological polar surface area (TPSA) is 42.0 Å². The van der Waals surface area contributed by atoms with Crippen molar-refractivity contribution in [3.63, 3.8) is 0 Å². The highest BCUT2D eigenvalue weighted by Gasteiger charge is 2.00. The van der Waals surface area contributed by atoms with Gasteiger partial charge < -0.3 is 5.32 Å². The lowest BCUT2D eigenvalue weighted by atomic mass is 10.4. The Morgan fingerprint density at radius 1 is 1.89 bits per heavy atom. The fourth-order valence-electron chi connectivity index (χ4n) is 0.461. The molecule has 0 fully saturated rings. The maximum Gasteiger partial charge on any atom is 0.253 e. The molecule has 0 spiro atoms. The largest absolute Gasteiger partial charge is 0.355 e. The average molecular weight is 142 g/mol. The summed E-state index contributed by atoms with van der Waals surface area (Å²) >= 11 is 1.27. The average Bonchev–Trinajstić information content (AvgIpc) is 2.37. The summed E-state index contributed by atoms with van der Waals surface area (Å²) < 4.78 is 3.77. The number of nitrogens with zero attached hydrogens (tertiary/aromatic N) is 1. The Morgan fingerprint density at radius 3 is 3.11 bits per heavy atom. The van der Waals surface area contributed by atoms with Crippen molar-refractivity contribution in [2.75, 3.05) is 7.05 Å². The van der Waals surface area contributed by atoms with E-state index in [1.54, 1.807) is 18.6 Å². The summed E-state index contributed by atoms with van der Waals surface area (Å²) in [5.74, 6) is -0.0799. The third kappa shape index (κ3) is 1.26. The van der Waals surface area contributed by atoms with E-state index in [9.17, 15) is 4.79 Å². The van der Waals surface area contributed by atoms with Crippen LogP contribution in [0.1, 0.15) is 10.4 Å². The van der Waals surface area contributed by atoms with Gasteiger partial charge in [0, 0.05) is 12.4 Å². The SMILES string of the molecule is CNC(=O)c1cnsc1. The van der Waals surface area contributed by atoms with Crippen molar-refractivity contribution in [2.24, 2.45) is 0 Å². The minimum Gasteiger partial charge on any atom is -0.355 e. The molecule has 3 nitrogen and oxygen atoms in total. The number of rotatable bonds is 1. The number of hydrogen-bond acceptors (Lipinski definition) is 3. The van der Waals surface area contributed by atoms with Crippen molar-refractivity contribution in [3.8, 4) is 0 Å². The van der Waals surface area contributed by atoms with Gasteiger partial charge in [0.25, 0.3) is 5.91 Å². The summed E-state index contributed by atoms with van der Waals surface area (Å²) in [5, 5.41) is 4.20. The molecule has 0 aromatic carbocycles. The number of carbonyl (C=O) groups is 1. The summed E-state index contributed by atoms with van der Waals surface area (Å²) in [4.78, 5) is 10.7. The number of hydrogen-bond donors (Lipinski definition) is 1. The lowest BCUT2D eigenvalue weighted by molar-refractivity contribution is 0.0963. The monoisotopic (exact) mass is 142 g/mol. The molecule has 0 bridgehead atoms. The van der Waals surface area contributed by atoms with Crippen molar-refractivity contribution in [2.45, 2.75) is 0 Å². The van der Waals surface area contributed by atoms with Crippen LogP contribution < -0.4 is 5.32 Å². The normalized spacial score (nSPS) is 9.00. The van der Waals surface area contributed by atoms with E-state index < -0.39 is 0 Å². The minimum atomic E-state index is -0.0799. The first-order valence-corrected chi connectivity index (χ1v) is 3.29. The summed E-state index contributed by atoms with van der Waals surface area (Å²) in [6.07, 6.45) is 1.55. The van der Waals surface area contributed by atoms with Gasteiger partial charge in [-0.15, -0.1) is 0 Å². The quantitative estimate of drug-likeness (QED) is 0.620. The molecule has 0 saturated carbocycles. The maximum atomic E-state index is 10.7. The van der Waals surface area contributed by atoms with E-state index in [2.05, 4.69) is 9.69 Å². The summed E-state index contributed by atoms with van der Waals surface area (Å²) in [7, 11) is 1.60. The highest BCUT2D eigenvalue weighted by molar-refractivity contribution is 7.03. The summed E-state index contributed by atoms with van der Waals surface area (Å²) in [5.41, 5.74) is 0.627. The van der Waals surface area contributed by atoms with Crippen molar-refractivity contribution < 1.29 is 4.79 Å². The summed E-state index contributed by atoms with van der Waals surface area (Å²) in [6.45, 7) is 0. The van der Waals surface area contributed by atoms with E-state index >= 15 is 0 Å². The lowest BCUT2D eigenvalue weighted by Crippen LogP contribution is -2.16. The van der Waals surface area contributed by atoms with Crippen molar-refractivity contribution in [1.82, 2.24) is 9.69 Å². The Kier molecular flexibility index (Phi) is 1.79. The van der Waals surface area contributed by atoms with Gasteiger partial charge in [-0.25, -0.2) is 4.37 Å². The van der Waals surface area contributed by atoms with E-state index in [4.69, 9.17) is 0 Å². The van der Waals surface area contributed by atoms with Crippen LogP contribution in [0.3, 0.4) is 0 Å². The summed E-state index contributed by atoms with van der Waals surface area (Å²) in [6, 6.07) is 0. The molecule has 48 valence electrons. The second kappa shape index (κ2) is 2.59. The van der Waals surface area contributed by atoms with Crippen LogP contribution in [0.5, 0.6) is 0 Å². The third-order valence-corrected chi connectivity index (χ3v) is 1.51. The molecule has 1 rings (SSSR count). The van der Waals surface area contributed by atoms with Crippen LogP contribution in [-0.4, -0.2) is 17.3 Å². The molecule has 1 N–H and O–H groups in total. The molecule has 1 amide bonds. The first kappa shape index (κ1) is 6.22. The fraction of sp³-hybridized carbons (Fsp3) is 0.200. The molecule has 0 atom stereocenters. The number of carbonyl (C=O) groups excluding carboxylic acids is 1. The molecule has 0 aliphatic rings. The lowest BCUT2D eigenvalue weighted by Gasteiger charge is -1.89. The zero-order valence-corrected chi connectivity index (χ0v) is 5.73. The van der Waals surface area contributed by atoms with Crippen LogP contribution in [0.4, 0.5) is 0 Å². The van der Waals surface area contributed by atoms with E-state index in [1.165, 1.54) is 11.5 Å². The zero-order valence-electron chi connectivity index (χ0n) is 4.92. The Labute approximate surface area is 56.9 Å². The van der Waals surface area contributed by atoms with E-state index in [1.807, 2.05) is 0 Å². The number of amides is 1. The predicted molar refractivity (Wildman–Crippen MR) is 35.5 cm³/mol. The van der Waals surface area contributed by atoms with Crippen LogP contribution >= 0.6 is 11.5 Å². The second-order valence-electron chi connectivity index (χ2n) is 1.49. The van der Waals surface area contributed by atoms with Gasteiger partial charge in [-0.1, -0.05) is 0 Å². The minimum absolute atomic E-state index is 0.0799. The molecule has 4 heteroatoms. The second-order valence-corrected chi connectivity index (χ2v) is 2.15. The Morgan fingerprint density at radius 2 is 2.67 bits per heavy atom. The number of nitrogens with one attached hydrogen (secondary N) is 1. The fourth-order valence-corrected chi connectivity index (χ4v) is 0.978. The van der Waals surface area contributed by atoms with Crippen LogP contribution in [0.15, 0.2) is 11.6 Å². The van der Waals surface area contributed by atoms with Gasteiger partial charge in [0.1, 0.15) is 0 Å². The van der Waals surface area contributed by atoms with Crippen LogP contribution in [0, 0.1) is 0 Å². The van der Waals surface area contributed by atoms with Crippen LogP contribution in [0.2, 0.25) is 0 Å². The molecule has 0 saturated heterocycles. The molecule has 0 aliphatic heterocycles. The third-order valence-electron chi connectivity index (χ3n) is 0.922. The molecule has 0 radical (unpaired) electrons. The van der Waals surface area contributed by atoms with Gasteiger partial charge in [0.15, 0.2) is 0 Å². The highest BCUT2D eigenvalue weighted by atomic mass is 32.1. The molecule has 0 aliphatic carbocycles. The van der Waals surface area contributed by atoms with E-state index in [0.29, 0.717) is 5.56 Å². The van der Waals surface area contributed by atoms with Crippen LogP contribution in [0.25, 0.3) is 0 Å². The Hall–Kier alpha value is -0.900. The first-order chi connectivity index (χ1) is 4.34. The molecule has 9 heavy (non-hydrogen) atoms. The molecule has 0 unspecified atom stereocenters. The Balaban J connectivity index is 2.77.